The largest absolute Gasteiger partial charge is 0.508 e. The Morgan fingerprint density at radius 2 is 2.18 bits per heavy atom. The van der Waals surface area contributed by atoms with Gasteiger partial charge in [0.05, 0.1) is 5.88 Å². The number of aromatic hydroxyl groups is 1. The van der Waals surface area contributed by atoms with Crippen LogP contribution < -0.4 is 0 Å². The van der Waals surface area contributed by atoms with Gasteiger partial charge in [-0.1, -0.05) is 15.9 Å². The summed E-state index contributed by atoms with van der Waals surface area (Å²) in [5.74, 6) is 0.608. The number of benzene rings is 1. The van der Waals surface area contributed by atoms with Gasteiger partial charge in [-0.05, 0) is 24.6 Å². The monoisotopic (exact) mass is 234 g/mol. The maximum atomic E-state index is 9.36. The van der Waals surface area contributed by atoms with E-state index < -0.39 is 0 Å². The normalized spacial score (nSPS) is 10.1. The van der Waals surface area contributed by atoms with Crippen molar-refractivity contribution in [3.63, 3.8) is 0 Å². The molecule has 11 heavy (non-hydrogen) atoms. The predicted octanol–water partition coefficient (Wildman–Crippen LogP) is 3.20. The molecule has 1 N–H and O–H groups in total. The topological polar surface area (TPSA) is 20.2 Å². The zero-order valence-corrected chi connectivity index (χ0v) is 8.41. The molecule has 1 aromatic rings. The fraction of sp³-hybridized carbons (Fsp3) is 0.250. The summed E-state index contributed by atoms with van der Waals surface area (Å²) in [6.07, 6.45) is 0. The molecule has 0 bridgehead atoms. The van der Waals surface area contributed by atoms with Gasteiger partial charge < -0.3 is 5.11 Å². The first-order chi connectivity index (χ1) is 5.15. The van der Waals surface area contributed by atoms with Crippen molar-refractivity contribution < 1.29 is 5.11 Å². The minimum atomic E-state index is 0.256. The second-order valence-electron chi connectivity index (χ2n) is 2.35. The van der Waals surface area contributed by atoms with Crippen molar-refractivity contribution in [2.45, 2.75) is 12.8 Å². The van der Waals surface area contributed by atoms with Crippen LogP contribution in [0.3, 0.4) is 0 Å². The maximum absolute atomic E-state index is 9.36. The van der Waals surface area contributed by atoms with Crippen molar-refractivity contribution in [2.24, 2.45) is 0 Å². The summed E-state index contributed by atoms with van der Waals surface area (Å²) in [5.41, 5.74) is 1.81. The van der Waals surface area contributed by atoms with Gasteiger partial charge in [0, 0.05) is 10.0 Å². The molecule has 0 aliphatic heterocycles. The van der Waals surface area contributed by atoms with Crippen LogP contribution in [0.4, 0.5) is 0 Å². The summed E-state index contributed by atoms with van der Waals surface area (Å²) >= 11 is 8.89. The van der Waals surface area contributed by atoms with Crippen molar-refractivity contribution in [2.75, 3.05) is 0 Å². The number of alkyl halides is 1. The zero-order chi connectivity index (χ0) is 8.43. The molecule has 0 aliphatic rings. The fourth-order valence-electron chi connectivity index (χ4n) is 0.929. The van der Waals surface area contributed by atoms with Crippen LogP contribution in [0, 0.1) is 6.92 Å². The molecule has 0 aliphatic carbocycles. The molecule has 0 spiro atoms. The molecule has 1 aromatic carbocycles. The lowest BCUT2D eigenvalue weighted by atomic mass is 10.1. The lowest BCUT2D eigenvalue weighted by molar-refractivity contribution is 0.469. The van der Waals surface area contributed by atoms with Gasteiger partial charge in [0.25, 0.3) is 0 Å². The van der Waals surface area contributed by atoms with E-state index >= 15 is 0 Å². The van der Waals surface area contributed by atoms with Gasteiger partial charge in [-0.25, -0.2) is 0 Å². The molecule has 0 heterocycles. The first-order valence-electron chi connectivity index (χ1n) is 3.19. The van der Waals surface area contributed by atoms with Gasteiger partial charge >= 0.3 is 0 Å². The Balaban J connectivity index is 3.25. The lowest BCUT2D eigenvalue weighted by Gasteiger charge is -2.04. The number of halogens is 2. The molecule has 0 aromatic heterocycles. The van der Waals surface area contributed by atoms with E-state index in [-0.39, 0.29) is 5.75 Å². The molecule has 0 atom stereocenters. The predicted molar refractivity (Wildman–Crippen MR) is 50.1 cm³/mol. The molecule has 0 saturated heterocycles. The molecule has 1 rings (SSSR count). The summed E-state index contributed by atoms with van der Waals surface area (Å²) in [7, 11) is 0. The summed E-state index contributed by atoms with van der Waals surface area (Å²) in [4.78, 5) is 0. The Morgan fingerprint density at radius 1 is 1.55 bits per heavy atom. The third-order valence-electron chi connectivity index (χ3n) is 1.55. The first-order valence-corrected chi connectivity index (χ1v) is 4.52. The highest BCUT2D eigenvalue weighted by Crippen LogP contribution is 2.27. The van der Waals surface area contributed by atoms with Crippen LogP contribution >= 0.6 is 27.5 Å². The van der Waals surface area contributed by atoms with E-state index in [0.29, 0.717) is 5.88 Å². The average molecular weight is 236 g/mol. The van der Waals surface area contributed by atoms with Gasteiger partial charge in [-0.3, -0.25) is 0 Å². The van der Waals surface area contributed by atoms with Crippen LogP contribution in [-0.2, 0) is 5.88 Å². The van der Waals surface area contributed by atoms with E-state index in [9.17, 15) is 5.11 Å². The third-order valence-corrected chi connectivity index (χ3v) is 2.27. The molecule has 1 nitrogen and oxygen atoms in total. The first kappa shape index (κ1) is 8.88. The van der Waals surface area contributed by atoms with Gasteiger partial charge in [0.1, 0.15) is 5.75 Å². The summed E-state index contributed by atoms with van der Waals surface area (Å²) in [5, 5.41) is 9.36. The minimum Gasteiger partial charge on any atom is -0.508 e. The molecular weight excluding hydrogens is 227 g/mol. The second kappa shape index (κ2) is 3.46. The van der Waals surface area contributed by atoms with Crippen LogP contribution in [0.25, 0.3) is 0 Å². The Morgan fingerprint density at radius 3 is 2.64 bits per heavy atom. The number of hydrogen-bond acceptors (Lipinski definition) is 1. The van der Waals surface area contributed by atoms with Crippen molar-refractivity contribution in [1.29, 1.82) is 0 Å². The van der Waals surface area contributed by atoms with E-state index in [1.165, 1.54) is 0 Å². The quantitative estimate of drug-likeness (QED) is 0.741. The molecule has 3 heteroatoms. The van der Waals surface area contributed by atoms with Gasteiger partial charge in [-0.2, -0.15) is 0 Å². The summed E-state index contributed by atoms with van der Waals surface area (Å²) in [6, 6.07) is 3.57. The molecule has 0 radical (unpaired) electrons. The summed E-state index contributed by atoms with van der Waals surface area (Å²) < 4.78 is 0.876. The van der Waals surface area contributed by atoms with Crippen LogP contribution in [0.5, 0.6) is 5.75 Å². The molecule has 60 valence electrons. The van der Waals surface area contributed by atoms with E-state index in [0.717, 1.165) is 15.6 Å². The Labute approximate surface area is 79.1 Å². The number of phenolic OH excluding ortho intramolecular Hbond substituents is 1. The van der Waals surface area contributed by atoms with Crippen molar-refractivity contribution in [3.05, 3.63) is 27.7 Å². The van der Waals surface area contributed by atoms with Crippen LogP contribution in [0.1, 0.15) is 11.1 Å². The number of rotatable bonds is 1. The second-order valence-corrected chi connectivity index (χ2v) is 3.54. The average Bonchev–Trinajstić information content (AvgIpc) is 1.85. The molecule has 0 saturated carbocycles. The highest BCUT2D eigenvalue weighted by molar-refractivity contribution is 9.10. The summed E-state index contributed by atoms with van der Waals surface area (Å²) in [6.45, 7) is 1.92. The van der Waals surface area contributed by atoms with Crippen molar-refractivity contribution in [1.82, 2.24) is 0 Å². The van der Waals surface area contributed by atoms with Gasteiger partial charge in [0.15, 0.2) is 0 Å². The number of hydrogen-bond donors (Lipinski definition) is 1. The van der Waals surface area contributed by atoms with Gasteiger partial charge in [0.2, 0.25) is 0 Å². The minimum absolute atomic E-state index is 0.256. The van der Waals surface area contributed by atoms with E-state index in [1.54, 1.807) is 6.07 Å². The highest BCUT2D eigenvalue weighted by Gasteiger charge is 2.03. The van der Waals surface area contributed by atoms with Crippen LogP contribution in [-0.4, -0.2) is 5.11 Å². The SMILES string of the molecule is Cc1cc(Br)cc(O)c1CCl. The van der Waals surface area contributed by atoms with E-state index in [1.807, 2.05) is 13.0 Å². The smallest absolute Gasteiger partial charge is 0.121 e. The van der Waals surface area contributed by atoms with Crippen molar-refractivity contribution in [3.8, 4) is 5.75 Å². The maximum Gasteiger partial charge on any atom is 0.121 e. The zero-order valence-electron chi connectivity index (χ0n) is 6.06. The van der Waals surface area contributed by atoms with Crippen molar-refractivity contribution >= 4 is 27.5 Å². The Bertz CT molecular complexity index is 250. The standard InChI is InChI=1S/C8H8BrClO/c1-5-2-6(9)3-8(11)7(5)4-10/h2-3,11H,4H2,1H3. The fourth-order valence-corrected chi connectivity index (χ4v) is 1.84. The highest BCUT2D eigenvalue weighted by atomic mass is 79.9. The van der Waals surface area contributed by atoms with Crippen LogP contribution in [0.2, 0.25) is 0 Å². The molecule has 0 fully saturated rings. The Kier molecular flexibility index (Phi) is 2.79. The van der Waals surface area contributed by atoms with E-state index in [2.05, 4.69) is 15.9 Å². The van der Waals surface area contributed by atoms with Gasteiger partial charge in [-0.15, -0.1) is 11.6 Å². The molecular formula is C8H8BrClO. The van der Waals surface area contributed by atoms with Crippen LogP contribution in [0.15, 0.2) is 16.6 Å². The molecule has 0 unspecified atom stereocenters. The molecule has 0 amide bonds. The Hall–Kier alpha value is -0.210. The lowest BCUT2D eigenvalue weighted by Crippen LogP contribution is -1.85. The number of aryl methyl sites for hydroxylation is 1. The third kappa shape index (κ3) is 1.88. The number of phenols is 1. The van der Waals surface area contributed by atoms with E-state index in [4.69, 9.17) is 11.6 Å².